The number of amides is 1. The Kier molecular flexibility index (Phi) is 6.14. The van der Waals surface area contributed by atoms with Crippen molar-refractivity contribution in [1.82, 2.24) is 25.1 Å². The van der Waals surface area contributed by atoms with Crippen LogP contribution in [0.25, 0.3) is 5.69 Å². The average Bonchev–Trinajstić information content (AvgIpc) is 3.12. The van der Waals surface area contributed by atoms with Gasteiger partial charge in [0.15, 0.2) is 0 Å². The predicted molar refractivity (Wildman–Crippen MR) is 112 cm³/mol. The van der Waals surface area contributed by atoms with Gasteiger partial charge in [-0.3, -0.25) is 4.79 Å². The van der Waals surface area contributed by atoms with Crippen molar-refractivity contribution in [1.29, 1.82) is 0 Å². The molecule has 3 aromatic rings. The van der Waals surface area contributed by atoms with Crippen LogP contribution in [0.3, 0.4) is 0 Å². The van der Waals surface area contributed by atoms with Gasteiger partial charge in [-0.15, -0.1) is 5.10 Å². The normalized spacial score (nSPS) is 10.9. The number of tetrazole rings is 1. The molecule has 0 radical (unpaired) electrons. The number of hydrogen-bond acceptors (Lipinski definition) is 5. The maximum absolute atomic E-state index is 12.6. The third kappa shape index (κ3) is 4.59. The number of hydrogen-bond donors (Lipinski definition) is 0. The van der Waals surface area contributed by atoms with Crippen LogP contribution in [0, 0.1) is 27.7 Å². The minimum Gasteiger partial charge on any atom is -0.341 e. The fourth-order valence-corrected chi connectivity index (χ4v) is 3.72. The molecular weight excluding hydrogens is 370 g/mol. The van der Waals surface area contributed by atoms with Crippen LogP contribution >= 0.6 is 11.8 Å². The molecule has 0 atom stereocenters. The van der Waals surface area contributed by atoms with Gasteiger partial charge in [-0.1, -0.05) is 41.6 Å². The molecule has 0 aliphatic carbocycles. The third-order valence-corrected chi connectivity index (χ3v) is 5.74. The van der Waals surface area contributed by atoms with Gasteiger partial charge < -0.3 is 4.90 Å². The summed E-state index contributed by atoms with van der Waals surface area (Å²) in [5, 5.41) is 12.5. The maximum Gasteiger partial charge on any atom is 0.233 e. The van der Waals surface area contributed by atoms with Crippen molar-refractivity contribution >= 4 is 17.7 Å². The summed E-state index contributed by atoms with van der Waals surface area (Å²) in [6.45, 7) is 8.86. The first-order chi connectivity index (χ1) is 13.3. The molecule has 1 heterocycles. The Morgan fingerprint density at radius 2 is 1.82 bits per heavy atom. The van der Waals surface area contributed by atoms with Crippen molar-refractivity contribution in [3.63, 3.8) is 0 Å². The smallest absolute Gasteiger partial charge is 0.233 e. The number of aryl methyl sites for hydroxylation is 4. The Balaban J connectivity index is 1.65. The predicted octanol–water partition coefficient (Wildman–Crippen LogP) is 3.65. The largest absolute Gasteiger partial charge is 0.341 e. The number of benzene rings is 2. The Hall–Kier alpha value is -2.67. The first-order valence-corrected chi connectivity index (χ1v) is 10.1. The molecule has 1 aromatic heterocycles. The van der Waals surface area contributed by atoms with Crippen LogP contribution in [0.15, 0.2) is 41.6 Å². The summed E-state index contributed by atoms with van der Waals surface area (Å²) in [7, 11) is 1.83. The molecule has 0 bridgehead atoms. The molecule has 28 heavy (non-hydrogen) atoms. The minimum absolute atomic E-state index is 0.0413. The molecule has 1 amide bonds. The molecule has 2 aromatic carbocycles. The van der Waals surface area contributed by atoms with E-state index in [4.69, 9.17) is 0 Å². The van der Waals surface area contributed by atoms with Crippen LogP contribution < -0.4 is 0 Å². The highest BCUT2D eigenvalue weighted by Gasteiger charge is 2.15. The second kappa shape index (κ2) is 8.56. The van der Waals surface area contributed by atoms with Crippen LogP contribution in [0.5, 0.6) is 0 Å². The second-order valence-electron chi connectivity index (χ2n) is 7.11. The monoisotopic (exact) mass is 395 g/mol. The average molecular weight is 396 g/mol. The van der Waals surface area contributed by atoms with Crippen molar-refractivity contribution in [2.45, 2.75) is 39.4 Å². The first-order valence-electron chi connectivity index (χ1n) is 9.14. The Morgan fingerprint density at radius 3 is 2.54 bits per heavy atom. The molecule has 0 saturated carbocycles. The first kappa shape index (κ1) is 20.1. The summed E-state index contributed by atoms with van der Waals surface area (Å²) < 4.78 is 1.68. The molecule has 0 unspecified atom stereocenters. The van der Waals surface area contributed by atoms with E-state index in [1.54, 1.807) is 9.58 Å². The van der Waals surface area contributed by atoms with E-state index in [2.05, 4.69) is 61.4 Å². The zero-order valence-corrected chi connectivity index (χ0v) is 17.7. The zero-order valence-electron chi connectivity index (χ0n) is 16.9. The van der Waals surface area contributed by atoms with E-state index in [1.165, 1.54) is 34.0 Å². The Morgan fingerprint density at radius 1 is 1.04 bits per heavy atom. The van der Waals surface area contributed by atoms with E-state index >= 15 is 0 Å². The number of rotatable bonds is 6. The molecule has 3 rings (SSSR count). The van der Waals surface area contributed by atoms with E-state index in [-0.39, 0.29) is 11.7 Å². The molecule has 146 valence electrons. The summed E-state index contributed by atoms with van der Waals surface area (Å²) in [5.74, 6) is 0.326. The van der Waals surface area contributed by atoms with E-state index in [9.17, 15) is 4.79 Å². The number of thioether (sulfide) groups is 1. The number of nitrogens with zero attached hydrogens (tertiary/aromatic N) is 5. The number of carbonyl (C=O) groups excluding carboxylic acids is 1. The summed E-state index contributed by atoms with van der Waals surface area (Å²) >= 11 is 1.35. The number of aromatic nitrogens is 4. The van der Waals surface area contributed by atoms with Crippen LogP contribution in [-0.4, -0.2) is 43.8 Å². The van der Waals surface area contributed by atoms with Gasteiger partial charge >= 0.3 is 0 Å². The lowest BCUT2D eigenvalue weighted by Crippen LogP contribution is -2.28. The van der Waals surface area contributed by atoms with Crippen LogP contribution in [0.1, 0.15) is 27.8 Å². The molecule has 6 nitrogen and oxygen atoms in total. The highest BCUT2D eigenvalue weighted by atomic mass is 32.2. The van der Waals surface area contributed by atoms with E-state index in [0.29, 0.717) is 11.7 Å². The van der Waals surface area contributed by atoms with E-state index in [0.717, 1.165) is 11.3 Å². The van der Waals surface area contributed by atoms with Gasteiger partial charge in [0.2, 0.25) is 11.1 Å². The van der Waals surface area contributed by atoms with Crippen molar-refractivity contribution in [3.05, 3.63) is 64.2 Å². The van der Waals surface area contributed by atoms with Gasteiger partial charge in [-0.25, -0.2) is 0 Å². The molecule has 0 N–H and O–H groups in total. The zero-order chi connectivity index (χ0) is 20.3. The highest BCUT2D eigenvalue weighted by molar-refractivity contribution is 7.99. The van der Waals surface area contributed by atoms with E-state index < -0.39 is 0 Å². The SMILES string of the molecule is Cc1ccc(CN(C)C(=O)CSc2nnnn2-c2ccc(C)c(C)c2)c(C)c1. The lowest BCUT2D eigenvalue weighted by molar-refractivity contribution is -0.127. The summed E-state index contributed by atoms with van der Waals surface area (Å²) in [4.78, 5) is 14.3. The maximum atomic E-state index is 12.6. The second-order valence-corrected chi connectivity index (χ2v) is 8.05. The van der Waals surface area contributed by atoms with Crippen molar-refractivity contribution in [2.75, 3.05) is 12.8 Å². The Labute approximate surface area is 169 Å². The van der Waals surface area contributed by atoms with Gasteiger partial charge in [0.1, 0.15) is 0 Å². The van der Waals surface area contributed by atoms with Gasteiger partial charge in [0, 0.05) is 13.6 Å². The lowest BCUT2D eigenvalue weighted by atomic mass is 10.1. The van der Waals surface area contributed by atoms with Crippen molar-refractivity contribution < 1.29 is 4.79 Å². The quantitative estimate of drug-likeness (QED) is 0.596. The van der Waals surface area contributed by atoms with Gasteiger partial charge in [0.05, 0.1) is 11.4 Å². The van der Waals surface area contributed by atoms with Crippen LogP contribution in [0.4, 0.5) is 0 Å². The molecule has 0 aliphatic heterocycles. The minimum atomic E-state index is 0.0413. The fourth-order valence-electron chi connectivity index (χ4n) is 2.89. The van der Waals surface area contributed by atoms with Gasteiger partial charge in [-0.05, 0) is 72.5 Å². The third-order valence-electron chi connectivity index (χ3n) is 4.83. The molecule has 0 spiro atoms. The van der Waals surface area contributed by atoms with E-state index in [1.807, 2.05) is 25.2 Å². The topological polar surface area (TPSA) is 63.9 Å². The van der Waals surface area contributed by atoms with Gasteiger partial charge in [0.25, 0.3) is 0 Å². The molecule has 0 saturated heterocycles. The standard InChI is InChI=1S/C21H25N5OS/c1-14-6-8-18(17(4)10-14)12-25(5)20(27)13-28-21-22-23-24-26(21)19-9-7-15(2)16(3)11-19/h6-11H,12-13H2,1-5H3. The number of carbonyl (C=O) groups is 1. The highest BCUT2D eigenvalue weighted by Crippen LogP contribution is 2.21. The van der Waals surface area contributed by atoms with Crippen LogP contribution in [0.2, 0.25) is 0 Å². The Bertz CT molecular complexity index is 998. The van der Waals surface area contributed by atoms with Crippen molar-refractivity contribution in [3.8, 4) is 5.69 Å². The summed E-state index contributed by atoms with van der Waals surface area (Å²) in [6.07, 6.45) is 0. The molecule has 7 heteroatoms. The molecular formula is C21H25N5OS. The molecule has 0 fully saturated rings. The fraction of sp³-hybridized carbons (Fsp3) is 0.333. The summed E-state index contributed by atoms with van der Waals surface area (Å²) in [6, 6.07) is 12.4. The lowest BCUT2D eigenvalue weighted by Gasteiger charge is -2.18. The van der Waals surface area contributed by atoms with Gasteiger partial charge in [-0.2, -0.15) is 4.68 Å². The molecule has 0 aliphatic rings. The van der Waals surface area contributed by atoms with Crippen LogP contribution in [-0.2, 0) is 11.3 Å². The van der Waals surface area contributed by atoms with Crippen molar-refractivity contribution in [2.24, 2.45) is 0 Å². The summed E-state index contributed by atoms with van der Waals surface area (Å²) in [5.41, 5.74) is 6.87.